The summed E-state index contributed by atoms with van der Waals surface area (Å²) in [5.41, 5.74) is 1.51. The van der Waals surface area contributed by atoms with Gasteiger partial charge in [-0.2, -0.15) is 0 Å². The summed E-state index contributed by atoms with van der Waals surface area (Å²) in [7, 11) is 0. The maximum absolute atomic E-state index is 11.2. The van der Waals surface area contributed by atoms with E-state index in [0.717, 1.165) is 24.2 Å². The summed E-state index contributed by atoms with van der Waals surface area (Å²) in [5.74, 6) is 0.656. The maximum atomic E-state index is 11.2. The molecule has 0 saturated carbocycles. The molecule has 86 valence electrons. The van der Waals surface area contributed by atoms with Crippen molar-refractivity contribution in [2.75, 3.05) is 0 Å². The Bertz CT molecular complexity index is 398. The smallest absolute Gasteiger partial charge is 0.243 e. The van der Waals surface area contributed by atoms with Crippen LogP contribution in [0.1, 0.15) is 23.4 Å². The number of hydrogen-bond donors (Lipinski definition) is 2. The molecule has 0 fully saturated rings. The first-order valence-electron chi connectivity index (χ1n) is 5.24. The summed E-state index contributed by atoms with van der Waals surface area (Å²) in [5, 5.41) is 15.7. The van der Waals surface area contributed by atoms with Gasteiger partial charge >= 0.3 is 0 Å². The number of amides is 1. The lowest BCUT2D eigenvalue weighted by molar-refractivity contribution is -0.117. The number of nitrogens with zero attached hydrogens (tertiary/aromatic N) is 1. The highest BCUT2D eigenvalue weighted by atomic mass is 16.5. The highest BCUT2D eigenvalue weighted by Crippen LogP contribution is 2.24. The van der Waals surface area contributed by atoms with Gasteiger partial charge in [0, 0.05) is 18.0 Å². The molecule has 16 heavy (non-hydrogen) atoms. The molecule has 1 aromatic rings. The molecule has 1 aliphatic rings. The van der Waals surface area contributed by atoms with Gasteiger partial charge in [0.25, 0.3) is 0 Å². The molecule has 1 aromatic heterocycles. The molecule has 0 aromatic carbocycles. The lowest BCUT2D eigenvalue weighted by Gasteiger charge is -2.21. The van der Waals surface area contributed by atoms with Gasteiger partial charge in [0.15, 0.2) is 0 Å². The van der Waals surface area contributed by atoms with Gasteiger partial charge < -0.3 is 14.9 Å². The number of rotatable bonds is 3. The fourth-order valence-electron chi connectivity index (χ4n) is 1.97. The molecule has 5 heteroatoms. The second kappa shape index (κ2) is 4.49. The average Bonchev–Trinajstić information content (AvgIpc) is 2.71. The third kappa shape index (κ3) is 1.99. The number of aryl methyl sites for hydroxylation is 1. The van der Waals surface area contributed by atoms with Crippen molar-refractivity contribution >= 4 is 5.91 Å². The average molecular weight is 222 g/mol. The van der Waals surface area contributed by atoms with Gasteiger partial charge in [-0.1, -0.05) is 11.7 Å². The number of hydrogen-bond acceptors (Lipinski definition) is 4. The molecule has 5 nitrogen and oxygen atoms in total. The van der Waals surface area contributed by atoms with Crippen molar-refractivity contribution in [3.8, 4) is 0 Å². The van der Waals surface area contributed by atoms with Crippen LogP contribution in [-0.4, -0.2) is 22.2 Å². The summed E-state index contributed by atoms with van der Waals surface area (Å²) >= 11 is 0. The number of carbonyl (C=O) groups is 1. The van der Waals surface area contributed by atoms with Gasteiger partial charge in [0.1, 0.15) is 11.5 Å². The standard InChI is InChI=1S/C11H14N2O3/c1-2-11(15)12-7-3-4-10-8(5-7)9(6-14)13-16-10/h2,7,14H,1,3-6H2,(H,12,15). The minimum atomic E-state index is -0.171. The molecule has 2 N–H and O–H groups in total. The molecule has 0 saturated heterocycles. The van der Waals surface area contributed by atoms with Crippen LogP contribution in [-0.2, 0) is 24.2 Å². The molecule has 1 unspecified atom stereocenters. The maximum Gasteiger partial charge on any atom is 0.243 e. The van der Waals surface area contributed by atoms with Crippen LogP contribution >= 0.6 is 0 Å². The second-order valence-corrected chi connectivity index (χ2v) is 3.84. The van der Waals surface area contributed by atoms with E-state index in [9.17, 15) is 4.79 Å². The zero-order valence-corrected chi connectivity index (χ0v) is 8.90. The van der Waals surface area contributed by atoms with Crippen LogP contribution in [0.4, 0.5) is 0 Å². The van der Waals surface area contributed by atoms with Crippen LogP contribution in [0.15, 0.2) is 17.2 Å². The fourth-order valence-corrected chi connectivity index (χ4v) is 1.97. The Hall–Kier alpha value is -1.62. The van der Waals surface area contributed by atoms with Crippen molar-refractivity contribution in [1.82, 2.24) is 10.5 Å². The van der Waals surface area contributed by atoms with Gasteiger partial charge in [0.05, 0.1) is 6.61 Å². The van der Waals surface area contributed by atoms with Crippen molar-refractivity contribution in [2.24, 2.45) is 0 Å². The molecule has 0 bridgehead atoms. The van der Waals surface area contributed by atoms with Crippen molar-refractivity contribution in [3.05, 3.63) is 29.7 Å². The van der Waals surface area contributed by atoms with E-state index < -0.39 is 0 Å². The monoisotopic (exact) mass is 222 g/mol. The summed E-state index contributed by atoms with van der Waals surface area (Å²) in [6, 6.07) is 0.0719. The van der Waals surface area contributed by atoms with Crippen LogP contribution in [0.3, 0.4) is 0 Å². The Morgan fingerprint density at radius 1 is 1.75 bits per heavy atom. The molecule has 1 heterocycles. The molecule has 1 amide bonds. The molecule has 1 atom stereocenters. The Kier molecular flexibility index (Phi) is 3.05. The third-order valence-corrected chi connectivity index (χ3v) is 2.80. The zero-order chi connectivity index (χ0) is 11.5. The summed E-state index contributed by atoms with van der Waals surface area (Å²) in [6.07, 6.45) is 3.49. The zero-order valence-electron chi connectivity index (χ0n) is 8.90. The largest absolute Gasteiger partial charge is 0.390 e. The molecule has 0 aliphatic heterocycles. The Morgan fingerprint density at radius 2 is 2.56 bits per heavy atom. The van der Waals surface area contributed by atoms with Crippen LogP contribution in [0.2, 0.25) is 0 Å². The molecule has 2 rings (SSSR count). The van der Waals surface area contributed by atoms with Crippen LogP contribution in [0, 0.1) is 0 Å². The summed E-state index contributed by atoms with van der Waals surface area (Å²) in [6.45, 7) is 3.29. The van der Waals surface area contributed by atoms with E-state index in [2.05, 4.69) is 17.1 Å². The number of nitrogens with one attached hydrogen (secondary N) is 1. The third-order valence-electron chi connectivity index (χ3n) is 2.80. The van der Waals surface area contributed by atoms with E-state index >= 15 is 0 Å². The second-order valence-electron chi connectivity index (χ2n) is 3.84. The molecule has 0 spiro atoms. The highest BCUT2D eigenvalue weighted by Gasteiger charge is 2.25. The highest BCUT2D eigenvalue weighted by molar-refractivity contribution is 5.87. The van der Waals surface area contributed by atoms with Crippen molar-refractivity contribution in [3.63, 3.8) is 0 Å². The van der Waals surface area contributed by atoms with Crippen LogP contribution in [0.5, 0.6) is 0 Å². The van der Waals surface area contributed by atoms with Gasteiger partial charge in [-0.15, -0.1) is 0 Å². The lowest BCUT2D eigenvalue weighted by atomic mass is 9.92. The van der Waals surface area contributed by atoms with Crippen molar-refractivity contribution < 1.29 is 14.4 Å². The van der Waals surface area contributed by atoms with E-state index in [1.165, 1.54) is 6.08 Å². The van der Waals surface area contributed by atoms with Crippen molar-refractivity contribution in [1.29, 1.82) is 0 Å². The molecule has 1 aliphatic carbocycles. The summed E-state index contributed by atoms with van der Waals surface area (Å²) in [4.78, 5) is 11.2. The van der Waals surface area contributed by atoms with Gasteiger partial charge in [-0.05, 0) is 18.9 Å². The fraction of sp³-hybridized carbons (Fsp3) is 0.455. The first kappa shape index (κ1) is 10.9. The number of aliphatic hydroxyl groups excluding tert-OH is 1. The van der Waals surface area contributed by atoms with E-state index in [1.54, 1.807) is 0 Å². The van der Waals surface area contributed by atoms with E-state index in [4.69, 9.17) is 9.63 Å². The molecule has 0 radical (unpaired) electrons. The lowest BCUT2D eigenvalue weighted by Crippen LogP contribution is -2.37. The van der Waals surface area contributed by atoms with Crippen LogP contribution in [0.25, 0.3) is 0 Å². The topological polar surface area (TPSA) is 75.4 Å². The van der Waals surface area contributed by atoms with Gasteiger partial charge in [0.2, 0.25) is 5.91 Å². The Balaban J connectivity index is 2.09. The first-order valence-corrected chi connectivity index (χ1v) is 5.24. The number of aliphatic hydroxyl groups is 1. The predicted octanol–water partition coefficient (Wildman–Crippen LogP) is 0.326. The number of aromatic nitrogens is 1. The Labute approximate surface area is 93.1 Å². The van der Waals surface area contributed by atoms with Gasteiger partial charge in [-0.25, -0.2) is 0 Å². The van der Waals surface area contributed by atoms with E-state index in [1.807, 2.05) is 0 Å². The van der Waals surface area contributed by atoms with E-state index in [0.29, 0.717) is 12.1 Å². The van der Waals surface area contributed by atoms with Crippen molar-refractivity contribution in [2.45, 2.75) is 31.9 Å². The minimum absolute atomic E-state index is 0.0719. The van der Waals surface area contributed by atoms with E-state index in [-0.39, 0.29) is 18.6 Å². The number of fused-ring (bicyclic) bond motifs is 1. The molecular formula is C11H14N2O3. The van der Waals surface area contributed by atoms with Gasteiger partial charge in [-0.3, -0.25) is 4.79 Å². The number of carbonyl (C=O) groups excluding carboxylic acids is 1. The summed E-state index contributed by atoms with van der Waals surface area (Å²) < 4.78 is 5.11. The minimum Gasteiger partial charge on any atom is -0.390 e. The SMILES string of the molecule is C=CC(=O)NC1CCc2onc(CO)c2C1. The molecular weight excluding hydrogens is 208 g/mol. The normalized spacial score (nSPS) is 18.9. The van der Waals surface area contributed by atoms with Crippen LogP contribution < -0.4 is 5.32 Å². The quantitative estimate of drug-likeness (QED) is 0.722. The first-order chi connectivity index (χ1) is 7.74. The predicted molar refractivity (Wildman–Crippen MR) is 56.6 cm³/mol. The Morgan fingerprint density at radius 3 is 3.25 bits per heavy atom.